The van der Waals surface area contributed by atoms with Crippen LogP contribution in [0.2, 0.25) is 0 Å². The molecule has 3 aliphatic heterocycles. The van der Waals surface area contributed by atoms with E-state index in [-0.39, 0.29) is 22.6 Å². The van der Waals surface area contributed by atoms with Gasteiger partial charge in [-0.05, 0) is 48.9 Å². The Morgan fingerprint density at radius 1 is 1.19 bits per heavy atom. The molecule has 1 N–H and O–H groups in total. The van der Waals surface area contributed by atoms with E-state index in [0.29, 0.717) is 6.42 Å². The number of nitro benzene ring substituents is 1. The second kappa shape index (κ2) is 5.30. The van der Waals surface area contributed by atoms with Crippen molar-refractivity contribution in [2.75, 3.05) is 16.8 Å². The molecule has 5 rings (SSSR count). The average molecular weight is 349 g/mol. The molecule has 0 aliphatic carbocycles. The van der Waals surface area contributed by atoms with Crippen molar-refractivity contribution in [3.63, 3.8) is 0 Å². The number of para-hydroxylation sites is 1. The van der Waals surface area contributed by atoms with Crippen LogP contribution in [0.25, 0.3) is 0 Å². The molecule has 6 heteroatoms. The van der Waals surface area contributed by atoms with E-state index in [4.69, 9.17) is 0 Å². The number of benzene rings is 2. The number of rotatable bonds is 1. The van der Waals surface area contributed by atoms with E-state index >= 15 is 0 Å². The highest BCUT2D eigenvalue weighted by molar-refractivity contribution is 6.08. The molecule has 1 spiro atoms. The molecule has 3 aliphatic rings. The molecular weight excluding hydrogens is 330 g/mol. The number of nitrogens with zero attached hydrogens (tertiary/aromatic N) is 2. The van der Waals surface area contributed by atoms with Crippen LogP contribution >= 0.6 is 0 Å². The minimum Gasteiger partial charge on any atom is -0.367 e. The Balaban J connectivity index is 1.74. The number of nitro groups is 1. The Hall–Kier alpha value is -2.89. The Morgan fingerprint density at radius 3 is 2.88 bits per heavy atom. The number of non-ortho nitro benzene ring substituents is 1. The highest BCUT2D eigenvalue weighted by Gasteiger charge is 2.57. The molecule has 6 nitrogen and oxygen atoms in total. The lowest BCUT2D eigenvalue weighted by Gasteiger charge is -2.51. The van der Waals surface area contributed by atoms with Crippen LogP contribution in [0.5, 0.6) is 0 Å². The van der Waals surface area contributed by atoms with Crippen LogP contribution in [-0.2, 0) is 16.6 Å². The van der Waals surface area contributed by atoms with Crippen molar-refractivity contribution >= 4 is 23.0 Å². The topological polar surface area (TPSA) is 75.5 Å². The van der Waals surface area contributed by atoms with Gasteiger partial charge in [0.05, 0.1) is 4.92 Å². The molecule has 1 saturated heterocycles. The molecular formula is C20H19N3O3. The lowest BCUT2D eigenvalue weighted by atomic mass is 9.65. The summed E-state index contributed by atoms with van der Waals surface area (Å²) in [5.41, 5.74) is 3.25. The minimum absolute atomic E-state index is 0.0211. The SMILES string of the molecule is O=C1Nc2ccccc2[C@@]12Cc1cc([N+](=O)[O-])ccc1N1CCCC[C@H]12. The van der Waals surface area contributed by atoms with Crippen LogP contribution < -0.4 is 10.2 Å². The quantitative estimate of drug-likeness (QED) is 0.632. The lowest BCUT2D eigenvalue weighted by molar-refractivity contribution is -0.384. The Bertz CT molecular complexity index is 942. The second-order valence-electron chi connectivity index (χ2n) is 7.42. The van der Waals surface area contributed by atoms with Gasteiger partial charge in [0, 0.05) is 36.1 Å². The van der Waals surface area contributed by atoms with Crippen molar-refractivity contribution in [3.8, 4) is 0 Å². The van der Waals surface area contributed by atoms with Crippen molar-refractivity contribution in [1.29, 1.82) is 0 Å². The molecule has 2 aromatic rings. The van der Waals surface area contributed by atoms with Gasteiger partial charge in [-0.15, -0.1) is 0 Å². The fraction of sp³-hybridized carbons (Fsp3) is 0.350. The summed E-state index contributed by atoms with van der Waals surface area (Å²) in [5.74, 6) is 0.0211. The molecule has 0 radical (unpaired) electrons. The first-order chi connectivity index (χ1) is 12.6. The van der Waals surface area contributed by atoms with Gasteiger partial charge in [0.1, 0.15) is 5.41 Å². The summed E-state index contributed by atoms with van der Waals surface area (Å²) in [5, 5.41) is 14.3. The van der Waals surface area contributed by atoms with Gasteiger partial charge in [0.15, 0.2) is 0 Å². The predicted molar refractivity (Wildman–Crippen MR) is 98.5 cm³/mol. The monoisotopic (exact) mass is 349 g/mol. The number of anilines is 2. The molecule has 2 atom stereocenters. The van der Waals surface area contributed by atoms with Crippen LogP contribution in [0.15, 0.2) is 42.5 Å². The number of amides is 1. The highest BCUT2D eigenvalue weighted by atomic mass is 16.6. The van der Waals surface area contributed by atoms with Gasteiger partial charge < -0.3 is 10.2 Å². The van der Waals surface area contributed by atoms with E-state index in [1.165, 1.54) is 0 Å². The first-order valence-electron chi connectivity index (χ1n) is 9.06. The van der Waals surface area contributed by atoms with Crippen molar-refractivity contribution in [1.82, 2.24) is 0 Å². The summed E-state index contributed by atoms with van der Waals surface area (Å²) in [7, 11) is 0. The normalized spacial score (nSPS) is 26.1. The molecule has 2 aromatic carbocycles. The Labute approximate surface area is 151 Å². The molecule has 0 bridgehead atoms. The van der Waals surface area contributed by atoms with Gasteiger partial charge in [0.25, 0.3) is 5.69 Å². The third kappa shape index (κ3) is 1.90. The number of carbonyl (C=O) groups excluding carboxylic acids is 1. The zero-order valence-electron chi connectivity index (χ0n) is 14.3. The fourth-order valence-corrected chi connectivity index (χ4v) is 5.10. The maximum absolute atomic E-state index is 13.2. The number of carbonyl (C=O) groups is 1. The van der Waals surface area contributed by atoms with Crippen LogP contribution in [0.1, 0.15) is 30.4 Å². The van der Waals surface area contributed by atoms with Crippen LogP contribution in [-0.4, -0.2) is 23.4 Å². The summed E-state index contributed by atoms with van der Waals surface area (Å²) in [6.45, 7) is 0.882. The summed E-state index contributed by atoms with van der Waals surface area (Å²) in [6, 6.07) is 13.0. The molecule has 3 heterocycles. The summed E-state index contributed by atoms with van der Waals surface area (Å²) < 4.78 is 0. The summed E-state index contributed by atoms with van der Waals surface area (Å²) in [4.78, 5) is 26.4. The van der Waals surface area contributed by atoms with Crippen LogP contribution in [0, 0.1) is 10.1 Å². The summed E-state index contributed by atoms with van der Waals surface area (Å²) >= 11 is 0. The Kier molecular flexibility index (Phi) is 3.13. The van der Waals surface area contributed by atoms with Crippen molar-refractivity contribution in [2.45, 2.75) is 37.1 Å². The van der Waals surface area contributed by atoms with Gasteiger partial charge in [-0.25, -0.2) is 0 Å². The number of hydrogen-bond donors (Lipinski definition) is 1. The fourth-order valence-electron chi connectivity index (χ4n) is 5.10. The zero-order valence-corrected chi connectivity index (χ0v) is 14.3. The number of nitrogens with one attached hydrogen (secondary N) is 1. The largest absolute Gasteiger partial charge is 0.367 e. The maximum atomic E-state index is 13.2. The summed E-state index contributed by atoms with van der Waals surface area (Å²) in [6.07, 6.45) is 3.64. The lowest BCUT2D eigenvalue weighted by Crippen LogP contribution is -2.60. The molecule has 0 saturated carbocycles. The van der Waals surface area contributed by atoms with Gasteiger partial charge in [-0.2, -0.15) is 0 Å². The first kappa shape index (κ1) is 15.4. The molecule has 1 fully saturated rings. The van der Waals surface area contributed by atoms with E-state index < -0.39 is 5.41 Å². The molecule has 1 amide bonds. The van der Waals surface area contributed by atoms with E-state index in [1.807, 2.05) is 30.3 Å². The number of piperidine rings is 1. The first-order valence-corrected chi connectivity index (χ1v) is 9.06. The molecule has 26 heavy (non-hydrogen) atoms. The van der Waals surface area contributed by atoms with Gasteiger partial charge >= 0.3 is 0 Å². The maximum Gasteiger partial charge on any atom is 0.269 e. The zero-order chi connectivity index (χ0) is 17.9. The van der Waals surface area contributed by atoms with Crippen molar-refractivity contribution in [3.05, 3.63) is 63.7 Å². The smallest absolute Gasteiger partial charge is 0.269 e. The highest BCUT2D eigenvalue weighted by Crippen LogP contribution is 2.52. The van der Waals surface area contributed by atoms with Gasteiger partial charge in [-0.3, -0.25) is 14.9 Å². The number of fused-ring (bicyclic) bond motifs is 6. The van der Waals surface area contributed by atoms with E-state index in [0.717, 1.165) is 48.3 Å². The Morgan fingerprint density at radius 2 is 2.04 bits per heavy atom. The van der Waals surface area contributed by atoms with Crippen molar-refractivity contribution in [2.24, 2.45) is 0 Å². The van der Waals surface area contributed by atoms with E-state index in [2.05, 4.69) is 10.2 Å². The van der Waals surface area contributed by atoms with Crippen LogP contribution in [0.3, 0.4) is 0 Å². The van der Waals surface area contributed by atoms with E-state index in [1.54, 1.807) is 12.1 Å². The van der Waals surface area contributed by atoms with Crippen LogP contribution in [0.4, 0.5) is 17.1 Å². The molecule has 0 unspecified atom stereocenters. The predicted octanol–water partition coefficient (Wildman–Crippen LogP) is 3.40. The van der Waals surface area contributed by atoms with Gasteiger partial charge in [0.2, 0.25) is 5.91 Å². The van der Waals surface area contributed by atoms with E-state index in [9.17, 15) is 14.9 Å². The van der Waals surface area contributed by atoms with Gasteiger partial charge in [-0.1, -0.05) is 18.2 Å². The molecule has 0 aromatic heterocycles. The number of hydrogen-bond acceptors (Lipinski definition) is 4. The molecule has 132 valence electrons. The minimum atomic E-state index is -0.667. The van der Waals surface area contributed by atoms with Crippen molar-refractivity contribution < 1.29 is 9.72 Å². The average Bonchev–Trinajstić information content (AvgIpc) is 2.94. The third-order valence-electron chi connectivity index (χ3n) is 6.19. The standard InChI is InChI=1S/C20H19N3O3/c24-19-20(15-5-1-2-6-16(15)21-19)12-13-11-14(23(25)26)8-9-17(13)22-10-4-3-7-18(20)22/h1-2,5-6,8-9,11,18H,3-4,7,10,12H2,(H,21,24)/t18-,20+/m0/s1. The second-order valence-corrected chi connectivity index (χ2v) is 7.42. The third-order valence-corrected chi connectivity index (χ3v) is 6.19.